The maximum absolute atomic E-state index is 12.4. The van der Waals surface area contributed by atoms with E-state index in [4.69, 9.17) is 4.74 Å². The number of hydrogen-bond donors (Lipinski definition) is 0. The molecule has 0 aromatic carbocycles. The van der Waals surface area contributed by atoms with Crippen molar-refractivity contribution in [1.82, 2.24) is 8.61 Å². The number of hydrogen-bond acceptors (Lipinski definition) is 4. The first kappa shape index (κ1) is 16.4. The van der Waals surface area contributed by atoms with Crippen molar-refractivity contribution in [3.8, 4) is 0 Å². The topological polar surface area (TPSA) is 66.9 Å². The van der Waals surface area contributed by atoms with Gasteiger partial charge in [-0.15, -0.1) is 0 Å². The summed E-state index contributed by atoms with van der Waals surface area (Å²) in [6.45, 7) is 4.69. The molecule has 0 radical (unpaired) electrons. The van der Waals surface area contributed by atoms with Gasteiger partial charge in [-0.25, -0.2) is 0 Å². The Morgan fingerprint density at radius 3 is 2.68 bits per heavy atom. The first-order valence-corrected chi connectivity index (χ1v) is 8.18. The van der Waals surface area contributed by atoms with Crippen LogP contribution in [0.5, 0.6) is 0 Å². The van der Waals surface area contributed by atoms with Gasteiger partial charge in [-0.2, -0.15) is 17.0 Å². The van der Waals surface area contributed by atoms with Gasteiger partial charge in [-0.1, -0.05) is 6.42 Å². The van der Waals surface area contributed by atoms with Crippen molar-refractivity contribution in [2.45, 2.75) is 45.6 Å². The average molecular weight is 292 g/mol. The predicted octanol–water partition coefficient (Wildman–Crippen LogP) is 0.991. The largest absolute Gasteiger partial charge is 0.466 e. The molecule has 0 aliphatic carbocycles. The second-order valence-electron chi connectivity index (χ2n) is 4.84. The first-order chi connectivity index (χ1) is 8.89. The van der Waals surface area contributed by atoms with Crippen molar-refractivity contribution < 1.29 is 17.9 Å². The molecule has 0 spiro atoms. The summed E-state index contributed by atoms with van der Waals surface area (Å²) in [6.07, 6.45) is 2.95. The van der Waals surface area contributed by atoms with E-state index >= 15 is 0 Å². The molecule has 7 heteroatoms. The number of carbonyl (C=O) groups is 1. The molecule has 0 aromatic heterocycles. The van der Waals surface area contributed by atoms with Crippen LogP contribution in [0.2, 0.25) is 0 Å². The van der Waals surface area contributed by atoms with Crippen LogP contribution in [0.25, 0.3) is 0 Å². The summed E-state index contributed by atoms with van der Waals surface area (Å²) >= 11 is 0. The monoisotopic (exact) mass is 292 g/mol. The van der Waals surface area contributed by atoms with Crippen LogP contribution in [-0.2, 0) is 19.7 Å². The van der Waals surface area contributed by atoms with Gasteiger partial charge in [0, 0.05) is 26.2 Å². The predicted molar refractivity (Wildman–Crippen MR) is 72.8 cm³/mol. The van der Waals surface area contributed by atoms with Crippen LogP contribution in [0.15, 0.2) is 0 Å². The van der Waals surface area contributed by atoms with Crippen LogP contribution in [0.3, 0.4) is 0 Å². The van der Waals surface area contributed by atoms with E-state index in [-0.39, 0.29) is 25.0 Å². The van der Waals surface area contributed by atoms with E-state index in [0.717, 1.165) is 19.3 Å². The highest BCUT2D eigenvalue weighted by atomic mass is 32.2. The molecule has 1 saturated heterocycles. The molecule has 0 N–H and O–H groups in total. The molecule has 0 bridgehead atoms. The average Bonchev–Trinajstić information content (AvgIpc) is 2.36. The third-order valence-electron chi connectivity index (χ3n) is 3.37. The summed E-state index contributed by atoms with van der Waals surface area (Å²) in [6, 6.07) is 0.0313. The summed E-state index contributed by atoms with van der Waals surface area (Å²) in [5, 5.41) is 0. The number of carbonyl (C=O) groups excluding carboxylic acids is 1. The highest BCUT2D eigenvalue weighted by Crippen LogP contribution is 2.21. The Morgan fingerprint density at radius 2 is 2.11 bits per heavy atom. The molecule has 1 aliphatic rings. The zero-order chi connectivity index (χ0) is 14.5. The number of ether oxygens (including phenoxy) is 1. The van der Waals surface area contributed by atoms with Crippen LogP contribution >= 0.6 is 0 Å². The summed E-state index contributed by atoms with van der Waals surface area (Å²) < 4.78 is 32.3. The SMILES string of the molecule is CCOC(=O)CCN(C)S(=O)(=O)N1CCCCC1C. The minimum atomic E-state index is -3.46. The van der Waals surface area contributed by atoms with E-state index in [1.807, 2.05) is 6.92 Å². The van der Waals surface area contributed by atoms with Crippen LogP contribution in [0.4, 0.5) is 0 Å². The Kier molecular flexibility index (Phi) is 6.22. The quantitative estimate of drug-likeness (QED) is 0.685. The second-order valence-corrected chi connectivity index (χ2v) is 6.83. The molecule has 1 rings (SSSR count). The fraction of sp³-hybridized carbons (Fsp3) is 0.917. The molecule has 1 fully saturated rings. The Hall–Kier alpha value is -0.660. The maximum Gasteiger partial charge on any atom is 0.307 e. The fourth-order valence-electron chi connectivity index (χ4n) is 2.19. The van der Waals surface area contributed by atoms with Gasteiger partial charge in [0.1, 0.15) is 0 Å². The van der Waals surface area contributed by atoms with Crippen LogP contribution in [0.1, 0.15) is 39.5 Å². The lowest BCUT2D eigenvalue weighted by Crippen LogP contribution is -2.48. The molecule has 0 saturated carbocycles. The Bertz CT molecular complexity index is 397. The van der Waals surface area contributed by atoms with E-state index in [0.29, 0.717) is 13.2 Å². The Balaban J connectivity index is 2.58. The molecule has 1 aliphatic heterocycles. The minimum Gasteiger partial charge on any atom is -0.466 e. The lowest BCUT2D eigenvalue weighted by atomic mass is 10.1. The first-order valence-electron chi connectivity index (χ1n) is 6.78. The highest BCUT2D eigenvalue weighted by Gasteiger charge is 2.32. The van der Waals surface area contributed by atoms with E-state index in [2.05, 4.69) is 0 Å². The molecule has 1 unspecified atom stereocenters. The fourth-order valence-corrected chi connectivity index (χ4v) is 3.79. The smallest absolute Gasteiger partial charge is 0.307 e. The van der Waals surface area contributed by atoms with Crippen LogP contribution in [0, 0.1) is 0 Å². The lowest BCUT2D eigenvalue weighted by molar-refractivity contribution is -0.143. The third-order valence-corrected chi connectivity index (χ3v) is 5.47. The van der Waals surface area contributed by atoms with Gasteiger partial charge in [0.2, 0.25) is 0 Å². The van der Waals surface area contributed by atoms with Crippen molar-refractivity contribution in [3.05, 3.63) is 0 Å². The summed E-state index contributed by atoms with van der Waals surface area (Å²) in [5.41, 5.74) is 0. The van der Waals surface area contributed by atoms with Crippen molar-refractivity contribution in [3.63, 3.8) is 0 Å². The zero-order valence-electron chi connectivity index (χ0n) is 12.0. The minimum absolute atomic E-state index is 0.0313. The number of nitrogens with zero attached hydrogens (tertiary/aromatic N) is 2. The highest BCUT2D eigenvalue weighted by molar-refractivity contribution is 7.86. The Labute approximate surface area is 115 Å². The molecule has 1 heterocycles. The molecule has 0 amide bonds. The van der Waals surface area contributed by atoms with Crippen molar-refractivity contribution >= 4 is 16.2 Å². The van der Waals surface area contributed by atoms with Gasteiger partial charge in [-0.05, 0) is 26.7 Å². The van der Waals surface area contributed by atoms with Crippen molar-refractivity contribution in [2.24, 2.45) is 0 Å². The maximum atomic E-state index is 12.4. The van der Waals surface area contributed by atoms with E-state index in [1.54, 1.807) is 6.92 Å². The summed E-state index contributed by atoms with van der Waals surface area (Å²) in [4.78, 5) is 11.3. The molecule has 6 nitrogen and oxygen atoms in total. The normalized spacial score (nSPS) is 21.6. The standard InChI is InChI=1S/C12H24N2O4S/c1-4-18-12(15)8-10-13(3)19(16,17)14-9-6-5-7-11(14)2/h11H,4-10H2,1-3H3. The summed E-state index contributed by atoms with van der Waals surface area (Å²) in [7, 11) is -1.95. The lowest BCUT2D eigenvalue weighted by Gasteiger charge is -2.35. The van der Waals surface area contributed by atoms with Crippen molar-refractivity contribution in [2.75, 3.05) is 26.7 Å². The number of esters is 1. The zero-order valence-corrected chi connectivity index (χ0v) is 12.8. The van der Waals surface area contributed by atoms with E-state index in [9.17, 15) is 13.2 Å². The van der Waals surface area contributed by atoms with Gasteiger partial charge in [0.25, 0.3) is 10.2 Å². The van der Waals surface area contributed by atoms with Crippen LogP contribution < -0.4 is 0 Å². The van der Waals surface area contributed by atoms with Gasteiger partial charge in [-0.3, -0.25) is 4.79 Å². The second kappa shape index (κ2) is 7.21. The third kappa shape index (κ3) is 4.43. The molecule has 0 aromatic rings. The Morgan fingerprint density at radius 1 is 1.42 bits per heavy atom. The van der Waals surface area contributed by atoms with Gasteiger partial charge >= 0.3 is 5.97 Å². The van der Waals surface area contributed by atoms with Gasteiger partial charge in [0.15, 0.2) is 0 Å². The molecular weight excluding hydrogens is 268 g/mol. The molecular formula is C12H24N2O4S. The number of rotatable bonds is 6. The van der Waals surface area contributed by atoms with Gasteiger partial charge in [0.05, 0.1) is 13.0 Å². The van der Waals surface area contributed by atoms with E-state index in [1.165, 1.54) is 15.7 Å². The van der Waals surface area contributed by atoms with Gasteiger partial charge < -0.3 is 4.74 Å². The van der Waals surface area contributed by atoms with Crippen molar-refractivity contribution in [1.29, 1.82) is 0 Å². The number of piperidine rings is 1. The van der Waals surface area contributed by atoms with E-state index < -0.39 is 10.2 Å². The van der Waals surface area contributed by atoms with Crippen LogP contribution in [-0.4, -0.2) is 55.8 Å². The summed E-state index contributed by atoms with van der Waals surface area (Å²) in [5.74, 6) is -0.365. The molecule has 1 atom stereocenters. The molecule has 19 heavy (non-hydrogen) atoms. The molecule has 112 valence electrons.